The molecular weight excluding hydrogens is 192 g/mol. The van der Waals surface area contributed by atoms with E-state index in [9.17, 15) is 4.79 Å². The van der Waals surface area contributed by atoms with Crippen LogP contribution in [0.5, 0.6) is 5.75 Å². The van der Waals surface area contributed by atoms with E-state index in [0.29, 0.717) is 0 Å². The molecule has 0 spiro atoms. The average Bonchev–Trinajstić information content (AvgIpc) is 2.74. The van der Waals surface area contributed by atoms with Crippen molar-refractivity contribution in [1.82, 2.24) is 5.32 Å². The average molecular weight is 206 g/mol. The molecule has 0 bridgehead atoms. The molecule has 15 heavy (non-hydrogen) atoms. The largest absolute Gasteiger partial charge is 0.508 e. The fourth-order valence-electron chi connectivity index (χ4n) is 1.67. The number of benzene rings is 1. The van der Waals surface area contributed by atoms with Crippen LogP contribution < -0.4 is 10.6 Å². The molecule has 0 aromatic heterocycles. The minimum absolute atomic E-state index is 0.0469. The van der Waals surface area contributed by atoms with Crippen LogP contribution >= 0.6 is 0 Å². The summed E-state index contributed by atoms with van der Waals surface area (Å²) < 4.78 is 0. The van der Waals surface area contributed by atoms with Gasteiger partial charge in [-0.05, 0) is 37.2 Å². The molecule has 80 valence electrons. The van der Waals surface area contributed by atoms with Crippen LogP contribution in [0, 0.1) is 5.92 Å². The molecular formula is C11H14N2O2. The van der Waals surface area contributed by atoms with Gasteiger partial charge in [-0.1, -0.05) is 0 Å². The fraction of sp³-hybridized carbons (Fsp3) is 0.364. The van der Waals surface area contributed by atoms with E-state index in [1.165, 1.54) is 0 Å². The first kappa shape index (κ1) is 9.98. The highest BCUT2D eigenvalue weighted by molar-refractivity contribution is 5.92. The van der Waals surface area contributed by atoms with Crippen molar-refractivity contribution in [3.8, 4) is 5.75 Å². The van der Waals surface area contributed by atoms with Gasteiger partial charge in [0.2, 0.25) is 5.91 Å². The highest BCUT2D eigenvalue weighted by atomic mass is 16.3. The van der Waals surface area contributed by atoms with Crippen molar-refractivity contribution < 1.29 is 9.90 Å². The van der Waals surface area contributed by atoms with Crippen molar-refractivity contribution in [3.05, 3.63) is 24.3 Å². The zero-order valence-corrected chi connectivity index (χ0v) is 8.36. The second kappa shape index (κ2) is 4.31. The quantitative estimate of drug-likeness (QED) is 0.631. The predicted molar refractivity (Wildman–Crippen MR) is 57.7 cm³/mol. The Labute approximate surface area is 88.3 Å². The van der Waals surface area contributed by atoms with Gasteiger partial charge in [-0.25, -0.2) is 0 Å². The molecule has 2 rings (SSSR count). The van der Waals surface area contributed by atoms with Crippen molar-refractivity contribution >= 4 is 11.6 Å². The number of carbonyl (C=O) groups excluding carboxylic acids is 1. The van der Waals surface area contributed by atoms with E-state index in [-0.39, 0.29) is 17.6 Å². The Bertz CT molecular complexity index is 342. The zero-order chi connectivity index (χ0) is 10.7. The number of aromatic hydroxyl groups is 1. The molecule has 1 aromatic carbocycles. The summed E-state index contributed by atoms with van der Waals surface area (Å²) in [5, 5.41) is 15.0. The summed E-state index contributed by atoms with van der Waals surface area (Å²) in [5.74, 6) is 0.319. The van der Waals surface area contributed by atoms with Gasteiger partial charge in [-0.2, -0.15) is 0 Å². The van der Waals surface area contributed by atoms with Gasteiger partial charge < -0.3 is 15.7 Å². The lowest BCUT2D eigenvalue weighted by molar-refractivity contribution is -0.119. The molecule has 1 saturated heterocycles. The number of nitrogens with one attached hydrogen (secondary N) is 2. The summed E-state index contributed by atoms with van der Waals surface area (Å²) in [6, 6.07) is 6.50. The molecule has 1 aliphatic rings. The van der Waals surface area contributed by atoms with E-state index in [1.807, 2.05) is 0 Å². The van der Waals surface area contributed by atoms with Crippen LogP contribution in [0.3, 0.4) is 0 Å². The predicted octanol–water partition coefficient (Wildman–Crippen LogP) is 0.940. The summed E-state index contributed by atoms with van der Waals surface area (Å²) in [6.07, 6.45) is 0.893. The van der Waals surface area contributed by atoms with E-state index >= 15 is 0 Å². The lowest BCUT2D eigenvalue weighted by Crippen LogP contribution is -2.24. The Morgan fingerprint density at radius 2 is 2.13 bits per heavy atom. The third kappa shape index (κ3) is 2.47. The first-order valence-corrected chi connectivity index (χ1v) is 5.06. The van der Waals surface area contributed by atoms with Gasteiger partial charge in [-0.3, -0.25) is 4.79 Å². The number of anilines is 1. The monoisotopic (exact) mass is 206 g/mol. The van der Waals surface area contributed by atoms with Crippen molar-refractivity contribution in [2.45, 2.75) is 6.42 Å². The number of carbonyl (C=O) groups is 1. The van der Waals surface area contributed by atoms with Gasteiger partial charge >= 0.3 is 0 Å². The van der Waals surface area contributed by atoms with Gasteiger partial charge in [0.1, 0.15) is 5.75 Å². The number of phenolic OH excluding ortho intramolecular Hbond substituents is 1. The van der Waals surface area contributed by atoms with E-state index in [2.05, 4.69) is 10.6 Å². The minimum atomic E-state index is 0.0469. The summed E-state index contributed by atoms with van der Waals surface area (Å²) in [4.78, 5) is 11.7. The first-order valence-electron chi connectivity index (χ1n) is 5.06. The highest BCUT2D eigenvalue weighted by Crippen LogP contribution is 2.16. The molecule has 3 N–H and O–H groups in total. The highest BCUT2D eigenvalue weighted by Gasteiger charge is 2.22. The third-order valence-corrected chi connectivity index (χ3v) is 2.57. The number of rotatable bonds is 2. The Kier molecular flexibility index (Phi) is 2.87. The summed E-state index contributed by atoms with van der Waals surface area (Å²) >= 11 is 0. The Balaban J connectivity index is 1.96. The second-order valence-electron chi connectivity index (χ2n) is 3.73. The molecule has 4 heteroatoms. The molecule has 1 fully saturated rings. The SMILES string of the molecule is O=C(Nc1ccc(O)cc1)[C@@H]1CCNC1. The molecule has 0 aliphatic carbocycles. The number of amides is 1. The second-order valence-corrected chi connectivity index (χ2v) is 3.73. The van der Waals surface area contributed by atoms with E-state index < -0.39 is 0 Å². The minimum Gasteiger partial charge on any atom is -0.508 e. The standard InChI is InChI=1S/C11H14N2O2/c14-10-3-1-9(2-4-10)13-11(15)8-5-6-12-7-8/h1-4,8,12,14H,5-7H2,(H,13,15)/t8-/m1/s1. The summed E-state index contributed by atoms with van der Waals surface area (Å²) in [6.45, 7) is 1.66. The lowest BCUT2D eigenvalue weighted by Gasteiger charge is -2.09. The van der Waals surface area contributed by atoms with Crippen molar-refractivity contribution in [2.75, 3.05) is 18.4 Å². The van der Waals surface area contributed by atoms with Crippen LogP contribution in [0.4, 0.5) is 5.69 Å². The molecule has 4 nitrogen and oxygen atoms in total. The Morgan fingerprint density at radius 3 is 2.73 bits per heavy atom. The molecule has 1 atom stereocenters. The molecule has 1 aliphatic heterocycles. The zero-order valence-electron chi connectivity index (χ0n) is 8.36. The molecule has 1 heterocycles. The van der Waals surface area contributed by atoms with Crippen LogP contribution in [-0.4, -0.2) is 24.1 Å². The van der Waals surface area contributed by atoms with Crippen molar-refractivity contribution in [2.24, 2.45) is 5.92 Å². The topological polar surface area (TPSA) is 61.4 Å². The summed E-state index contributed by atoms with van der Waals surface area (Å²) in [7, 11) is 0. The molecule has 0 unspecified atom stereocenters. The van der Waals surface area contributed by atoms with Crippen molar-refractivity contribution in [1.29, 1.82) is 0 Å². The molecule has 0 saturated carbocycles. The van der Waals surface area contributed by atoms with Crippen LogP contribution in [0.2, 0.25) is 0 Å². The van der Waals surface area contributed by atoms with Crippen LogP contribution in [0.25, 0.3) is 0 Å². The number of hydrogen-bond donors (Lipinski definition) is 3. The Morgan fingerprint density at radius 1 is 1.40 bits per heavy atom. The van der Waals surface area contributed by atoms with E-state index in [0.717, 1.165) is 25.2 Å². The van der Waals surface area contributed by atoms with Crippen LogP contribution in [-0.2, 0) is 4.79 Å². The van der Waals surface area contributed by atoms with Crippen molar-refractivity contribution in [3.63, 3.8) is 0 Å². The summed E-state index contributed by atoms with van der Waals surface area (Å²) in [5.41, 5.74) is 0.727. The van der Waals surface area contributed by atoms with Gasteiger partial charge in [-0.15, -0.1) is 0 Å². The molecule has 0 radical (unpaired) electrons. The van der Waals surface area contributed by atoms with Gasteiger partial charge in [0.25, 0.3) is 0 Å². The van der Waals surface area contributed by atoms with Gasteiger partial charge in [0.05, 0.1) is 5.92 Å². The third-order valence-electron chi connectivity index (χ3n) is 2.57. The first-order chi connectivity index (χ1) is 7.25. The lowest BCUT2D eigenvalue weighted by atomic mass is 10.1. The smallest absolute Gasteiger partial charge is 0.228 e. The van der Waals surface area contributed by atoms with Crippen LogP contribution in [0.1, 0.15) is 6.42 Å². The van der Waals surface area contributed by atoms with Crippen LogP contribution in [0.15, 0.2) is 24.3 Å². The normalized spacial score (nSPS) is 20.1. The van der Waals surface area contributed by atoms with E-state index in [1.54, 1.807) is 24.3 Å². The number of hydrogen-bond acceptors (Lipinski definition) is 3. The number of phenols is 1. The maximum Gasteiger partial charge on any atom is 0.228 e. The van der Waals surface area contributed by atoms with Gasteiger partial charge in [0, 0.05) is 12.2 Å². The maximum atomic E-state index is 11.7. The Hall–Kier alpha value is -1.55. The molecule has 1 aromatic rings. The van der Waals surface area contributed by atoms with E-state index in [4.69, 9.17) is 5.11 Å². The maximum absolute atomic E-state index is 11.7. The fourth-order valence-corrected chi connectivity index (χ4v) is 1.67. The van der Waals surface area contributed by atoms with Gasteiger partial charge in [0.15, 0.2) is 0 Å². The molecule has 1 amide bonds.